The van der Waals surface area contributed by atoms with Crippen LogP contribution < -0.4 is 5.73 Å². The van der Waals surface area contributed by atoms with Crippen LogP contribution in [0.1, 0.15) is 11.3 Å². The van der Waals surface area contributed by atoms with Crippen molar-refractivity contribution in [2.24, 2.45) is 0 Å². The van der Waals surface area contributed by atoms with Crippen molar-refractivity contribution in [1.29, 1.82) is 0 Å². The third-order valence-electron chi connectivity index (χ3n) is 2.58. The lowest BCUT2D eigenvalue weighted by molar-refractivity contribution is -0.137. The topological polar surface area (TPSA) is 51.8 Å². The van der Waals surface area contributed by atoms with Crippen LogP contribution in [0.25, 0.3) is 11.1 Å². The molecule has 100 valence electrons. The van der Waals surface area contributed by atoms with Crippen molar-refractivity contribution in [3.05, 3.63) is 41.5 Å². The Morgan fingerprint density at radius 2 is 1.84 bits per heavy atom. The van der Waals surface area contributed by atoms with Crippen LogP contribution in [0.2, 0.25) is 0 Å². The lowest BCUT2D eigenvalue weighted by Crippen LogP contribution is -2.06. The highest BCUT2D eigenvalue weighted by Crippen LogP contribution is 2.33. The maximum absolute atomic E-state index is 13.8. The Morgan fingerprint density at radius 1 is 1.16 bits per heavy atom. The van der Waals surface area contributed by atoms with Crippen molar-refractivity contribution in [2.45, 2.75) is 13.1 Å². The lowest BCUT2D eigenvalue weighted by Gasteiger charge is -2.10. The van der Waals surface area contributed by atoms with Gasteiger partial charge in [0.2, 0.25) is 5.95 Å². The van der Waals surface area contributed by atoms with E-state index in [4.69, 9.17) is 5.73 Å². The molecule has 19 heavy (non-hydrogen) atoms. The number of benzene rings is 1. The fourth-order valence-corrected chi connectivity index (χ4v) is 1.66. The van der Waals surface area contributed by atoms with E-state index in [0.29, 0.717) is 17.3 Å². The van der Waals surface area contributed by atoms with E-state index in [1.165, 1.54) is 6.20 Å². The van der Waals surface area contributed by atoms with Crippen molar-refractivity contribution < 1.29 is 17.6 Å². The maximum Gasteiger partial charge on any atom is 0.416 e. The first kappa shape index (κ1) is 13.3. The molecular weight excluding hydrogens is 262 g/mol. The number of hydrogen-bond acceptors (Lipinski definition) is 3. The zero-order valence-electron chi connectivity index (χ0n) is 9.79. The normalized spacial score (nSPS) is 11.6. The summed E-state index contributed by atoms with van der Waals surface area (Å²) >= 11 is 0. The smallest absolute Gasteiger partial charge is 0.368 e. The van der Waals surface area contributed by atoms with Gasteiger partial charge in [-0.2, -0.15) is 13.2 Å². The summed E-state index contributed by atoms with van der Waals surface area (Å²) in [6, 6.07) is 2.32. The van der Waals surface area contributed by atoms with Gasteiger partial charge in [0.05, 0.1) is 11.3 Å². The SMILES string of the molecule is Cc1nc(N)ncc1-c1ccc(C(F)(F)F)cc1F. The molecule has 0 aliphatic rings. The molecule has 0 amide bonds. The first-order valence-electron chi connectivity index (χ1n) is 5.25. The Hall–Kier alpha value is -2.18. The van der Waals surface area contributed by atoms with E-state index in [-0.39, 0.29) is 11.5 Å². The molecule has 3 nitrogen and oxygen atoms in total. The first-order chi connectivity index (χ1) is 8.79. The van der Waals surface area contributed by atoms with Crippen molar-refractivity contribution in [3.63, 3.8) is 0 Å². The van der Waals surface area contributed by atoms with Crippen LogP contribution in [0.4, 0.5) is 23.5 Å². The molecule has 2 N–H and O–H groups in total. The van der Waals surface area contributed by atoms with E-state index in [9.17, 15) is 17.6 Å². The minimum atomic E-state index is -4.58. The van der Waals surface area contributed by atoms with Gasteiger partial charge in [-0.1, -0.05) is 6.07 Å². The number of anilines is 1. The second-order valence-corrected chi connectivity index (χ2v) is 3.92. The van der Waals surface area contributed by atoms with E-state index in [2.05, 4.69) is 9.97 Å². The number of aryl methyl sites for hydroxylation is 1. The number of nitrogens with zero attached hydrogens (tertiary/aromatic N) is 2. The minimum Gasteiger partial charge on any atom is -0.368 e. The first-order valence-corrected chi connectivity index (χ1v) is 5.25. The molecule has 1 aromatic heterocycles. The molecule has 0 aliphatic heterocycles. The molecule has 2 aromatic rings. The summed E-state index contributed by atoms with van der Waals surface area (Å²) in [6.45, 7) is 1.57. The monoisotopic (exact) mass is 271 g/mol. The van der Waals surface area contributed by atoms with Gasteiger partial charge in [0.1, 0.15) is 5.82 Å². The van der Waals surface area contributed by atoms with Crippen LogP contribution in [-0.2, 0) is 6.18 Å². The van der Waals surface area contributed by atoms with Gasteiger partial charge in [-0.05, 0) is 19.1 Å². The Morgan fingerprint density at radius 3 is 2.37 bits per heavy atom. The van der Waals surface area contributed by atoms with E-state index < -0.39 is 17.6 Å². The number of halogens is 4. The summed E-state index contributed by atoms with van der Waals surface area (Å²) in [7, 11) is 0. The predicted molar refractivity (Wildman–Crippen MR) is 61.6 cm³/mol. The van der Waals surface area contributed by atoms with Crippen LogP contribution >= 0.6 is 0 Å². The maximum atomic E-state index is 13.8. The largest absolute Gasteiger partial charge is 0.416 e. The van der Waals surface area contributed by atoms with Crippen molar-refractivity contribution in [3.8, 4) is 11.1 Å². The molecule has 0 aliphatic carbocycles. The highest BCUT2D eigenvalue weighted by molar-refractivity contribution is 5.66. The standard InChI is InChI=1S/C12H9F4N3/c1-6-9(5-18-11(17)19-6)8-3-2-7(4-10(8)13)12(14,15)16/h2-5H,1H3,(H2,17,18,19). The highest BCUT2D eigenvalue weighted by atomic mass is 19.4. The fraction of sp³-hybridized carbons (Fsp3) is 0.167. The Balaban J connectivity index is 2.52. The predicted octanol–water partition coefficient (Wildman–Crippen LogP) is 3.19. The summed E-state index contributed by atoms with van der Waals surface area (Å²) in [5.41, 5.74) is 5.03. The number of nitrogen functional groups attached to an aromatic ring is 1. The molecule has 1 heterocycles. The van der Waals surface area contributed by atoms with Crippen LogP contribution in [0.3, 0.4) is 0 Å². The molecule has 1 aromatic carbocycles. The molecular formula is C12H9F4N3. The Bertz CT molecular complexity index is 623. The molecule has 0 unspecified atom stereocenters. The van der Waals surface area contributed by atoms with Crippen LogP contribution in [0.15, 0.2) is 24.4 Å². The number of aromatic nitrogens is 2. The van der Waals surface area contributed by atoms with Gasteiger partial charge in [0.15, 0.2) is 0 Å². The number of hydrogen-bond donors (Lipinski definition) is 1. The van der Waals surface area contributed by atoms with E-state index in [1.54, 1.807) is 6.92 Å². The summed E-state index contributed by atoms with van der Waals surface area (Å²) < 4.78 is 51.0. The quantitative estimate of drug-likeness (QED) is 0.810. The van der Waals surface area contributed by atoms with Gasteiger partial charge >= 0.3 is 6.18 Å². The molecule has 0 radical (unpaired) electrons. The number of alkyl halides is 3. The zero-order valence-corrected chi connectivity index (χ0v) is 9.79. The van der Waals surface area contributed by atoms with E-state index in [1.807, 2.05) is 0 Å². The summed E-state index contributed by atoms with van der Waals surface area (Å²) in [5, 5.41) is 0. The van der Waals surface area contributed by atoms with Crippen LogP contribution in [0.5, 0.6) is 0 Å². The average Bonchev–Trinajstić information content (AvgIpc) is 2.28. The van der Waals surface area contributed by atoms with Crippen molar-refractivity contribution in [2.75, 3.05) is 5.73 Å². The Labute approximate surface area is 106 Å². The molecule has 0 bridgehead atoms. The second-order valence-electron chi connectivity index (χ2n) is 3.92. The molecule has 0 saturated carbocycles. The molecule has 0 spiro atoms. The fourth-order valence-electron chi connectivity index (χ4n) is 1.66. The van der Waals surface area contributed by atoms with E-state index >= 15 is 0 Å². The third-order valence-corrected chi connectivity index (χ3v) is 2.58. The van der Waals surface area contributed by atoms with Gasteiger partial charge in [0.25, 0.3) is 0 Å². The third kappa shape index (κ3) is 2.64. The van der Waals surface area contributed by atoms with Crippen molar-refractivity contribution >= 4 is 5.95 Å². The molecule has 2 rings (SSSR count). The summed E-state index contributed by atoms with van der Waals surface area (Å²) in [4.78, 5) is 7.55. The zero-order chi connectivity index (χ0) is 14.2. The van der Waals surface area contributed by atoms with Gasteiger partial charge in [-0.25, -0.2) is 14.4 Å². The van der Waals surface area contributed by atoms with Crippen molar-refractivity contribution in [1.82, 2.24) is 9.97 Å². The average molecular weight is 271 g/mol. The van der Waals surface area contributed by atoms with Crippen LogP contribution in [-0.4, -0.2) is 9.97 Å². The van der Waals surface area contributed by atoms with Gasteiger partial charge in [-0.3, -0.25) is 0 Å². The number of rotatable bonds is 1. The Kier molecular flexibility index (Phi) is 3.13. The molecule has 0 atom stereocenters. The molecule has 7 heteroatoms. The highest BCUT2D eigenvalue weighted by Gasteiger charge is 2.31. The summed E-state index contributed by atoms with van der Waals surface area (Å²) in [5.74, 6) is -0.958. The minimum absolute atomic E-state index is 0.00509. The van der Waals surface area contributed by atoms with Gasteiger partial charge in [-0.15, -0.1) is 0 Å². The van der Waals surface area contributed by atoms with Crippen LogP contribution in [0, 0.1) is 12.7 Å². The molecule has 0 saturated heterocycles. The summed E-state index contributed by atoms with van der Waals surface area (Å²) in [6.07, 6.45) is -3.30. The van der Waals surface area contributed by atoms with Gasteiger partial charge in [0, 0.05) is 17.3 Å². The van der Waals surface area contributed by atoms with E-state index in [0.717, 1.165) is 12.1 Å². The lowest BCUT2D eigenvalue weighted by atomic mass is 10.0. The van der Waals surface area contributed by atoms with Gasteiger partial charge < -0.3 is 5.73 Å². The number of nitrogens with two attached hydrogens (primary N) is 1. The second kappa shape index (κ2) is 4.49. The molecule has 0 fully saturated rings.